The molecule has 3 rings (SSSR count). The standard InChI is InChI=1S/C19H20N5O2S.HI/c1-23-16-4-2-3-5-17(16)27-18(23)14-15-6-10-24(11-7-15)12-8-19(25)26-13-9-21-22-20;/h2-7,10-11,14H,8-9,12-13H2,1H3;1H/q+1;/p-1. The lowest BCUT2D eigenvalue weighted by Gasteiger charge is -2.13. The summed E-state index contributed by atoms with van der Waals surface area (Å²) in [6.07, 6.45) is 6.33. The van der Waals surface area contributed by atoms with Crippen molar-refractivity contribution in [2.45, 2.75) is 17.9 Å². The lowest BCUT2D eigenvalue weighted by Crippen LogP contribution is -3.00. The van der Waals surface area contributed by atoms with Crippen molar-refractivity contribution in [1.29, 1.82) is 0 Å². The van der Waals surface area contributed by atoms with Crippen LogP contribution in [0.15, 0.2) is 63.8 Å². The number of hydrogen-bond donors (Lipinski definition) is 0. The van der Waals surface area contributed by atoms with Crippen LogP contribution in [0, 0.1) is 0 Å². The molecule has 1 aliphatic rings. The summed E-state index contributed by atoms with van der Waals surface area (Å²) in [7, 11) is 2.07. The summed E-state index contributed by atoms with van der Waals surface area (Å²) in [4.78, 5) is 17.7. The zero-order valence-electron chi connectivity index (χ0n) is 15.4. The molecule has 0 saturated carbocycles. The summed E-state index contributed by atoms with van der Waals surface area (Å²) >= 11 is 1.76. The average molecular weight is 509 g/mol. The van der Waals surface area contributed by atoms with E-state index in [2.05, 4.69) is 46.2 Å². The number of nitrogens with zero attached hydrogens (tertiary/aromatic N) is 5. The van der Waals surface area contributed by atoms with Crippen LogP contribution in [0.2, 0.25) is 0 Å². The van der Waals surface area contributed by atoms with E-state index in [1.54, 1.807) is 11.8 Å². The van der Waals surface area contributed by atoms with Crippen LogP contribution >= 0.6 is 11.8 Å². The number of aryl methyl sites for hydroxylation is 1. The molecule has 2 aromatic rings. The highest BCUT2D eigenvalue weighted by Gasteiger charge is 2.21. The molecule has 1 aromatic carbocycles. The lowest BCUT2D eigenvalue weighted by molar-refractivity contribution is -0.696. The van der Waals surface area contributed by atoms with E-state index < -0.39 is 0 Å². The van der Waals surface area contributed by atoms with Gasteiger partial charge in [-0.1, -0.05) is 29.0 Å². The quantitative estimate of drug-likeness (QED) is 0.105. The number of benzene rings is 1. The van der Waals surface area contributed by atoms with Gasteiger partial charge in [-0.25, -0.2) is 4.57 Å². The zero-order chi connectivity index (χ0) is 19.1. The number of azide groups is 1. The first-order valence-corrected chi connectivity index (χ1v) is 9.37. The van der Waals surface area contributed by atoms with Gasteiger partial charge in [0.1, 0.15) is 6.42 Å². The van der Waals surface area contributed by atoms with Gasteiger partial charge in [-0.2, -0.15) is 0 Å². The van der Waals surface area contributed by atoms with Crippen molar-refractivity contribution in [3.05, 3.63) is 69.8 Å². The minimum Gasteiger partial charge on any atom is -1.00 e. The first-order valence-electron chi connectivity index (χ1n) is 8.55. The monoisotopic (exact) mass is 509 g/mol. The van der Waals surface area contributed by atoms with Crippen LogP contribution in [0.3, 0.4) is 0 Å². The van der Waals surface area contributed by atoms with Crippen LogP contribution in [0.25, 0.3) is 16.5 Å². The highest BCUT2D eigenvalue weighted by Crippen LogP contribution is 2.45. The van der Waals surface area contributed by atoms with E-state index in [4.69, 9.17) is 10.3 Å². The van der Waals surface area contributed by atoms with Gasteiger partial charge < -0.3 is 33.6 Å². The number of anilines is 1. The summed E-state index contributed by atoms with van der Waals surface area (Å²) in [6, 6.07) is 12.4. The van der Waals surface area contributed by atoms with E-state index in [-0.39, 0.29) is 49.5 Å². The molecule has 9 heteroatoms. The minimum absolute atomic E-state index is 0. The molecule has 0 N–H and O–H groups in total. The summed E-state index contributed by atoms with van der Waals surface area (Å²) in [5, 5.41) is 4.50. The van der Waals surface area contributed by atoms with Crippen molar-refractivity contribution >= 4 is 29.5 Å². The summed E-state index contributed by atoms with van der Waals surface area (Å²) in [6.45, 7) is 0.819. The molecule has 0 aliphatic carbocycles. The fourth-order valence-corrected chi connectivity index (χ4v) is 3.75. The molecular formula is C19H20IN5O2S. The Hall–Kier alpha value is -2.23. The average Bonchev–Trinajstić information content (AvgIpc) is 3.00. The number of carbonyl (C=O) groups is 1. The topological polar surface area (TPSA) is 82.2 Å². The molecule has 0 amide bonds. The highest BCUT2D eigenvalue weighted by molar-refractivity contribution is 8.03. The highest BCUT2D eigenvalue weighted by atomic mass is 127. The Morgan fingerprint density at radius 1 is 1.32 bits per heavy atom. The van der Waals surface area contributed by atoms with Gasteiger partial charge in [-0.15, -0.1) is 0 Å². The number of rotatable bonds is 7. The number of carbonyl (C=O) groups excluding carboxylic acids is 1. The Morgan fingerprint density at radius 2 is 2.07 bits per heavy atom. The van der Waals surface area contributed by atoms with Crippen LogP contribution in [0.5, 0.6) is 0 Å². The number of fused-ring (bicyclic) bond motifs is 1. The molecular weight excluding hydrogens is 489 g/mol. The molecule has 146 valence electrons. The minimum atomic E-state index is -0.302. The zero-order valence-corrected chi connectivity index (χ0v) is 18.3. The maximum absolute atomic E-state index is 11.6. The molecule has 0 saturated heterocycles. The van der Waals surface area contributed by atoms with Crippen LogP contribution in [-0.4, -0.2) is 26.2 Å². The van der Waals surface area contributed by atoms with Crippen molar-refractivity contribution in [3.8, 4) is 0 Å². The van der Waals surface area contributed by atoms with Crippen LogP contribution in [-0.2, 0) is 16.1 Å². The third kappa shape index (κ3) is 5.88. The molecule has 0 unspecified atom stereocenters. The van der Waals surface area contributed by atoms with E-state index in [0.717, 1.165) is 5.56 Å². The van der Waals surface area contributed by atoms with Gasteiger partial charge in [-0.3, -0.25) is 4.79 Å². The van der Waals surface area contributed by atoms with Crippen molar-refractivity contribution in [2.75, 3.05) is 25.1 Å². The van der Waals surface area contributed by atoms with Gasteiger partial charge in [0.2, 0.25) is 0 Å². The van der Waals surface area contributed by atoms with E-state index >= 15 is 0 Å². The van der Waals surface area contributed by atoms with Crippen LogP contribution in [0.1, 0.15) is 12.0 Å². The first-order chi connectivity index (χ1) is 13.2. The predicted octanol–water partition coefficient (Wildman–Crippen LogP) is 0.762. The Labute approximate surface area is 185 Å². The molecule has 2 heterocycles. The van der Waals surface area contributed by atoms with E-state index in [1.165, 1.54) is 15.6 Å². The number of halogens is 1. The molecule has 0 spiro atoms. The van der Waals surface area contributed by atoms with Gasteiger partial charge in [0, 0.05) is 29.0 Å². The molecule has 0 atom stereocenters. The summed E-state index contributed by atoms with van der Waals surface area (Å²) in [5.74, 6) is -0.302. The number of pyridine rings is 1. The van der Waals surface area contributed by atoms with E-state index in [0.29, 0.717) is 6.54 Å². The van der Waals surface area contributed by atoms with Crippen LogP contribution < -0.4 is 33.4 Å². The normalized spacial score (nSPS) is 13.5. The Bertz CT molecular complexity index is 897. The molecule has 28 heavy (non-hydrogen) atoms. The number of ether oxygens (including phenoxy) is 1. The van der Waals surface area contributed by atoms with E-state index in [1.807, 2.05) is 35.2 Å². The molecule has 1 aliphatic heterocycles. The number of thioether (sulfide) groups is 1. The van der Waals surface area contributed by atoms with Crippen LogP contribution in [0.4, 0.5) is 5.69 Å². The third-order valence-corrected chi connectivity index (χ3v) is 5.24. The second-order valence-corrected chi connectivity index (χ2v) is 6.97. The smallest absolute Gasteiger partial charge is 0.312 e. The number of para-hydroxylation sites is 1. The fraction of sp³-hybridized carbons (Fsp3) is 0.263. The lowest BCUT2D eigenvalue weighted by atomic mass is 10.2. The molecule has 0 radical (unpaired) electrons. The van der Waals surface area contributed by atoms with Gasteiger partial charge in [0.05, 0.1) is 23.9 Å². The number of esters is 1. The van der Waals surface area contributed by atoms with Crippen molar-refractivity contribution in [1.82, 2.24) is 0 Å². The second-order valence-electron chi connectivity index (χ2n) is 5.91. The molecule has 0 bridgehead atoms. The Kier molecular flexibility index (Phi) is 8.62. The van der Waals surface area contributed by atoms with Gasteiger partial charge in [-0.05, 0) is 29.3 Å². The Balaban J connectivity index is 0.00000280. The van der Waals surface area contributed by atoms with Crippen molar-refractivity contribution < 1.29 is 38.1 Å². The number of hydrogen-bond acceptors (Lipinski definition) is 5. The van der Waals surface area contributed by atoms with E-state index in [9.17, 15) is 4.79 Å². The largest absolute Gasteiger partial charge is 1.00 e. The van der Waals surface area contributed by atoms with Crippen molar-refractivity contribution in [3.63, 3.8) is 0 Å². The SMILES string of the molecule is CN1/C(=C/c2cc[n+](CCC(=O)OCCN=[N+]=[N-])cc2)Sc2ccccc21.[I-]. The van der Waals surface area contributed by atoms with Gasteiger partial charge in [0.15, 0.2) is 18.9 Å². The van der Waals surface area contributed by atoms with Crippen molar-refractivity contribution in [2.24, 2.45) is 5.11 Å². The summed E-state index contributed by atoms with van der Waals surface area (Å²) < 4.78 is 6.93. The van der Waals surface area contributed by atoms with Gasteiger partial charge in [0.25, 0.3) is 0 Å². The second kappa shape index (κ2) is 10.9. The molecule has 7 nitrogen and oxygen atoms in total. The van der Waals surface area contributed by atoms with Gasteiger partial charge >= 0.3 is 5.97 Å². The maximum atomic E-state index is 11.6. The number of aromatic nitrogens is 1. The Morgan fingerprint density at radius 3 is 2.79 bits per heavy atom. The third-order valence-electron chi connectivity index (χ3n) is 4.07. The maximum Gasteiger partial charge on any atom is 0.312 e. The predicted molar refractivity (Wildman–Crippen MR) is 105 cm³/mol. The first kappa shape index (κ1) is 22.1. The fourth-order valence-electron chi connectivity index (χ4n) is 2.64. The summed E-state index contributed by atoms with van der Waals surface area (Å²) in [5.41, 5.74) is 10.5. The molecule has 1 aromatic heterocycles. The molecule has 0 fully saturated rings.